The third-order valence-electron chi connectivity index (χ3n) is 3.62. The van der Waals surface area contributed by atoms with Gasteiger partial charge in [0.2, 0.25) is 10.0 Å². The summed E-state index contributed by atoms with van der Waals surface area (Å²) in [7, 11) is -4.02. The Labute approximate surface area is 158 Å². The van der Waals surface area contributed by atoms with Crippen LogP contribution < -0.4 is 27.2 Å². The average Bonchev–Trinajstić information content (AvgIpc) is 2.46. The first kappa shape index (κ1) is 23.4. The molecule has 142 valence electrons. The lowest BCUT2D eigenvalue weighted by atomic mass is 10.0. The summed E-state index contributed by atoms with van der Waals surface area (Å²) in [6.07, 6.45) is 1.50. The van der Waals surface area contributed by atoms with Crippen molar-refractivity contribution in [2.75, 3.05) is 18.0 Å². The Kier molecular flexibility index (Phi) is 8.62. The zero-order chi connectivity index (χ0) is 17.2. The van der Waals surface area contributed by atoms with Gasteiger partial charge in [-0.05, 0) is 31.0 Å². The van der Waals surface area contributed by atoms with Crippen LogP contribution in [0.25, 0.3) is 0 Å². The summed E-state index contributed by atoms with van der Waals surface area (Å²) in [6.45, 7) is 1.23. The van der Waals surface area contributed by atoms with Gasteiger partial charge >= 0.3 is 0 Å². The maximum absolute atomic E-state index is 11.9. The highest BCUT2D eigenvalue weighted by molar-refractivity contribution is 7.89. The monoisotopic (exact) mass is 412 g/mol. The van der Waals surface area contributed by atoms with Gasteiger partial charge in [0, 0.05) is 24.7 Å². The van der Waals surface area contributed by atoms with Crippen LogP contribution in [0.15, 0.2) is 28.1 Å². The number of anilines is 1. The lowest BCUT2D eigenvalue weighted by Crippen LogP contribution is -2.40. The molecule has 1 heterocycles. The molecule has 0 spiro atoms. The smallest absolute Gasteiger partial charge is 0.280 e. The van der Waals surface area contributed by atoms with Gasteiger partial charge in [0.15, 0.2) is 5.96 Å². The molecular weight excluding hydrogens is 391 g/mol. The summed E-state index contributed by atoms with van der Waals surface area (Å²) in [5, 5.41) is 5.29. The Hall–Kier alpha value is -1.59. The summed E-state index contributed by atoms with van der Waals surface area (Å²) < 4.78 is 23.8. The average molecular weight is 413 g/mol. The number of guanidine groups is 1. The Morgan fingerprint density at radius 2 is 1.72 bits per heavy atom. The van der Waals surface area contributed by atoms with Gasteiger partial charge in [0.05, 0.1) is 5.69 Å². The second-order valence-corrected chi connectivity index (χ2v) is 6.92. The van der Waals surface area contributed by atoms with Crippen molar-refractivity contribution in [3.8, 4) is 0 Å². The third-order valence-corrected chi connectivity index (χ3v) is 4.56. The predicted octanol–water partition coefficient (Wildman–Crippen LogP) is -0.481. The Morgan fingerprint density at radius 1 is 1.16 bits per heavy atom. The van der Waals surface area contributed by atoms with Crippen molar-refractivity contribution in [1.29, 1.82) is 0 Å². The number of rotatable bonds is 3. The zero-order valence-electron chi connectivity index (χ0n) is 13.3. The first-order valence-electron chi connectivity index (χ1n) is 7.00. The van der Waals surface area contributed by atoms with E-state index in [0.29, 0.717) is 18.8 Å². The van der Waals surface area contributed by atoms with Gasteiger partial charge in [-0.1, -0.05) is 0 Å². The van der Waals surface area contributed by atoms with Gasteiger partial charge < -0.3 is 22.1 Å². The molecule has 1 fully saturated rings. The maximum atomic E-state index is 11.9. The van der Waals surface area contributed by atoms with Gasteiger partial charge in [-0.2, -0.15) is 4.99 Å². The standard InChI is InChI=1S/C13H20N6O3S.2ClH/c14-9-3-5-19(6-4-9)10-2-1-8(12(20)18-13(15)16)7-11(10)23(17,21)22;;/h1-2,7,9H,3-6,14H2,(H2,17,21,22)(H4,15,16,18,20);2*1H. The fraction of sp³-hybridized carbons (Fsp3) is 0.385. The van der Waals surface area contributed by atoms with E-state index in [9.17, 15) is 13.2 Å². The number of primary sulfonamides is 1. The second kappa shape index (κ2) is 9.20. The predicted molar refractivity (Wildman–Crippen MR) is 102 cm³/mol. The molecule has 8 N–H and O–H groups in total. The molecule has 1 saturated heterocycles. The highest BCUT2D eigenvalue weighted by Crippen LogP contribution is 2.28. The lowest BCUT2D eigenvalue weighted by Gasteiger charge is -2.33. The molecule has 1 aromatic rings. The number of piperidine rings is 1. The first-order valence-corrected chi connectivity index (χ1v) is 8.54. The number of aliphatic imine (C=N–C) groups is 1. The summed E-state index contributed by atoms with van der Waals surface area (Å²) in [6, 6.07) is 4.29. The van der Waals surface area contributed by atoms with Crippen LogP contribution in [0.2, 0.25) is 0 Å². The van der Waals surface area contributed by atoms with Crippen LogP contribution in [0.5, 0.6) is 0 Å². The molecule has 25 heavy (non-hydrogen) atoms. The number of nitrogens with two attached hydrogens (primary N) is 4. The number of amides is 1. The highest BCUT2D eigenvalue weighted by atomic mass is 35.5. The topological polar surface area (TPSA) is 171 Å². The first-order chi connectivity index (χ1) is 10.7. The SMILES string of the molecule is Cl.Cl.NC(N)=NC(=O)c1ccc(N2CCC(N)CC2)c(S(N)(=O)=O)c1. The number of halogens is 2. The van der Waals surface area contributed by atoms with E-state index >= 15 is 0 Å². The van der Waals surface area contributed by atoms with E-state index in [1.54, 1.807) is 0 Å². The van der Waals surface area contributed by atoms with Crippen molar-refractivity contribution >= 4 is 52.4 Å². The second-order valence-electron chi connectivity index (χ2n) is 5.39. The van der Waals surface area contributed by atoms with E-state index in [1.165, 1.54) is 18.2 Å². The van der Waals surface area contributed by atoms with Gasteiger partial charge in [-0.3, -0.25) is 4.79 Å². The fourth-order valence-corrected chi connectivity index (χ4v) is 3.24. The van der Waals surface area contributed by atoms with E-state index in [0.717, 1.165) is 12.8 Å². The number of hydrogen-bond acceptors (Lipinski definition) is 5. The Bertz CT molecular complexity index is 744. The number of nitrogens with zero attached hydrogens (tertiary/aromatic N) is 2. The minimum absolute atomic E-state index is 0. The molecular formula is C13H22Cl2N6O3S. The number of carbonyl (C=O) groups excluding carboxylic acids is 1. The quantitative estimate of drug-likeness (QED) is 0.383. The molecule has 0 unspecified atom stereocenters. The summed E-state index contributed by atoms with van der Waals surface area (Å²) in [5.74, 6) is -1.14. The van der Waals surface area contributed by atoms with Crippen molar-refractivity contribution in [3.05, 3.63) is 23.8 Å². The number of carbonyl (C=O) groups is 1. The maximum Gasteiger partial charge on any atom is 0.280 e. The van der Waals surface area contributed by atoms with Crippen molar-refractivity contribution < 1.29 is 13.2 Å². The van der Waals surface area contributed by atoms with Crippen LogP contribution in [-0.2, 0) is 10.0 Å². The molecule has 0 aliphatic carbocycles. The van der Waals surface area contributed by atoms with Gasteiger partial charge in [0.1, 0.15) is 4.90 Å². The lowest BCUT2D eigenvalue weighted by molar-refractivity contribution is 0.100. The molecule has 0 aromatic heterocycles. The molecule has 0 atom stereocenters. The summed E-state index contributed by atoms with van der Waals surface area (Å²) in [4.78, 5) is 17.0. The van der Waals surface area contributed by atoms with Gasteiger partial charge in [0.25, 0.3) is 5.91 Å². The van der Waals surface area contributed by atoms with Gasteiger partial charge in [-0.15, -0.1) is 24.8 Å². The summed E-state index contributed by atoms with van der Waals surface area (Å²) >= 11 is 0. The minimum Gasteiger partial charge on any atom is -0.370 e. The molecule has 0 saturated carbocycles. The van der Waals surface area contributed by atoms with Crippen molar-refractivity contribution in [2.45, 2.75) is 23.8 Å². The Balaban J connectivity index is 0.00000288. The van der Waals surface area contributed by atoms with Crippen LogP contribution in [0.1, 0.15) is 23.2 Å². The molecule has 2 rings (SSSR count). The highest BCUT2D eigenvalue weighted by Gasteiger charge is 2.24. The van der Waals surface area contributed by atoms with E-state index in [2.05, 4.69) is 4.99 Å². The van der Waals surface area contributed by atoms with Crippen LogP contribution in [0.3, 0.4) is 0 Å². The van der Waals surface area contributed by atoms with Crippen molar-refractivity contribution in [2.24, 2.45) is 27.3 Å². The largest absolute Gasteiger partial charge is 0.370 e. The van der Waals surface area contributed by atoms with Crippen LogP contribution in [-0.4, -0.2) is 39.4 Å². The number of benzene rings is 1. The van der Waals surface area contributed by atoms with Crippen LogP contribution in [0.4, 0.5) is 5.69 Å². The van der Waals surface area contributed by atoms with Gasteiger partial charge in [-0.25, -0.2) is 13.6 Å². The van der Waals surface area contributed by atoms with Crippen molar-refractivity contribution in [3.63, 3.8) is 0 Å². The number of hydrogen-bond donors (Lipinski definition) is 4. The molecule has 0 bridgehead atoms. The van der Waals surface area contributed by atoms with Crippen LogP contribution >= 0.6 is 24.8 Å². The zero-order valence-corrected chi connectivity index (χ0v) is 15.7. The third kappa shape index (κ3) is 6.01. The van der Waals surface area contributed by atoms with E-state index in [-0.39, 0.29) is 41.3 Å². The minimum atomic E-state index is -4.02. The molecule has 12 heteroatoms. The molecule has 0 radical (unpaired) electrons. The molecule has 9 nitrogen and oxygen atoms in total. The van der Waals surface area contributed by atoms with Crippen LogP contribution in [0, 0.1) is 0 Å². The van der Waals surface area contributed by atoms with E-state index < -0.39 is 21.9 Å². The van der Waals surface area contributed by atoms with E-state index in [4.69, 9.17) is 22.3 Å². The fourth-order valence-electron chi connectivity index (χ4n) is 2.46. The van der Waals surface area contributed by atoms with E-state index in [1.807, 2.05) is 4.90 Å². The summed E-state index contributed by atoms with van der Waals surface area (Å²) in [5.41, 5.74) is 16.7. The normalized spacial score (nSPS) is 14.9. The molecule has 1 aromatic carbocycles. The molecule has 1 aliphatic rings. The number of sulfonamides is 1. The Morgan fingerprint density at radius 3 is 2.20 bits per heavy atom. The molecule has 1 aliphatic heterocycles. The molecule has 1 amide bonds. The van der Waals surface area contributed by atoms with Crippen molar-refractivity contribution in [1.82, 2.24) is 0 Å².